The van der Waals surface area contributed by atoms with Gasteiger partial charge >= 0.3 is 0 Å². The molecule has 20 heavy (non-hydrogen) atoms. The summed E-state index contributed by atoms with van der Waals surface area (Å²) in [5, 5.41) is 2.08. The maximum Gasteiger partial charge on any atom is 0.254 e. The highest BCUT2D eigenvalue weighted by molar-refractivity contribution is 9.10. The van der Waals surface area contributed by atoms with Gasteiger partial charge in [-0.2, -0.15) is 0 Å². The number of likely N-dealkylation sites (tertiary alicyclic amines) is 1. The third-order valence-corrected chi connectivity index (χ3v) is 5.72. The molecule has 1 unspecified atom stereocenters. The zero-order valence-electron chi connectivity index (χ0n) is 11.3. The Morgan fingerprint density at radius 3 is 2.95 bits per heavy atom. The Morgan fingerprint density at radius 2 is 2.20 bits per heavy atom. The minimum Gasteiger partial charge on any atom is -0.331 e. The third-order valence-electron chi connectivity index (χ3n) is 3.88. The molecule has 1 fully saturated rings. The van der Waals surface area contributed by atoms with Crippen LogP contribution < -0.4 is 0 Å². The Bertz CT molecular complexity index is 623. The monoisotopic (exact) mass is 349 g/mol. The van der Waals surface area contributed by atoms with E-state index in [1.54, 1.807) is 11.3 Å². The van der Waals surface area contributed by atoms with Gasteiger partial charge in [0.1, 0.15) is 0 Å². The molecule has 1 aliphatic heterocycles. The van der Waals surface area contributed by atoms with Crippen molar-refractivity contribution in [2.24, 2.45) is 0 Å². The molecule has 0 N–H and O–H groups in total. The van der Waals surface area contributed by atoms with Crippen molar-refractivity contribution in [3.63, 3.8) is 0 Å². The second kappa shape index (κ2) is 5.70. The number of amides is 1. The fraction of sp³-hybridized carbons (Fsp3) is 0.312. The van der Waals surface area contributed by atoms with Crippen molar-refractivity contribution in [3.8, 4) is 0 Å². The molecule has 2 aromatic rings. The second-order valence-corrected chi connectivity index (χ2v) is 6.92. The SMILES string of the molecule is Cc1c(Br)cccc1C(=O)N1CCCC1c1cccs1. The van der Waals surface area contributed by atoms with Crippen molar-refractivity contribution in [2.75, 3.05) is 6.54 Å². The average Bonchev–Trinajstić information content (AvgIpc) is 3.10. The molecule has 1 aromatic carbocycles. The Balaban J connectivity index is 1.92. The lowest BCUT2D eigenvalue weighted by molar-refractivity contribution is 0.0737. The van der Waals surface area contributed by atoms with E-state index in [2.05, 4.69) is 33.4 Å². The number of carbonyl (C=O) groups excluding carboxylic acids is 1. The molecule has 0 radical (unpaired) electrons. The lowest BCUT2D eigenvalue weighted by atomic mass is 10.1. The van der Waals surface area contributed by atoms with Gasteiger partial charge in [-0.15, -0.1) is 11.3 Å². The number of hydrogen-bond donors (Lipinski definition) is 0. The number of rotatable bonds is 2. The van der Waals surface area contributed by atoms with Gasteiger partial charge in [0.05, 0.1) is 6.04 Å². The predicted molar refractivity (Wildman–Crippen MR) is 86.2 cm³/mol. The Kier molecular flexibility index (Phi) is 3.94. The van der Waals surface area contributed by atoms with Crippen LogP contribution in [0.1, 0.15) is 39.7 Å². The van der Waals surface area contributed by atoms with E-state index in [1.165, 1.54) is 4.88 Å². The number of nitrogens with zero attached hydrogens (tertiary/aromatic N) is 1. The number of thiophene rings is 1. The number of halogens is 1. The van der Waals surface area contributed by atoms with Crippen molar-refractivity contribution in [2.45, 2.75) is 25.8 Å². The highest BCUT2D eigenvalue weighted by Gasteiger charge is 2.31. The van der Waals surface area contributed by atoms with E-state index in [9.17, 15) is 4.79 Å². The molecular formula is C16H16BrNOS. The first-order chi connectivity index (χ1) is 9.68. The van der Waals surface area contributed by atoms with Crippen molar-refractivity contribution >= 4 is 33.2 Å². The van der Waals surface area contributed by atoms with Gasteiger partial charge in [0, 0.05) is 21.5 Å². The van der Waals surface area contributed by atoms with E-state index in [0.29, 0.717) is 0 Å². The smallest absolute Gasteiger partial charge is 0.254 e. The maximum absolute atomic E-state index is 12.8. The highest BCUT2D eigenvalue weighted by Crippen LogP contribution is 2.36. The lowest BCUT2D eigenvalue weighted by Crippen LogP contribution is -2.30. The number of carbonyl (C=O) groups is 1. The first-order valence-electron chi connectivity index (χ1n) is 6.78. The molecular weight excluding hydrogens is 334 g/mol. The molecule has 1 aromatic heterocycles. The summed E-state index contributed by atoms with van der Waals surface area (Å²) in [6.07, 6.45) is 2.15. The van der Waals surface area contributed by atoms with Gasteiger partial charge in [-0.25, -0.2) is 0 Å². The van der Waals surface area contributed by atoms with Crippen LogP contribution in [0.15, 0.2) is 40.2 Å². The van der Waals surface area contributed by atoms with Crippen LogP contribution in [0.25, 0.3) is 0 Å². The highest BCUT2D eigenvalue weighted by atomic mass is 79.9. The first-order valence-corrected chi connectivity index (χ1v) is 8.45. The molecule has 1 atom stereocenters. The largest absolute Gasteiger partial charge is 0.331 e. The van der Waals surface area contributed by atoms with E-state index >= 15 is 0 Å². The zero-order valence-corrected chi connectivity index (χ0v) is 13.7. The van der Waals surface area contributed by atoms with Crippen LogP contribution in [-0.4, -0.2) is 17.4 Å². The summed E-state index contributed by atoms with van der Waals surface area (Å²) in [5.41, 5.74) is 1.83. The average molecular weight is 350 g/mol. The number of hydrogen-bond acceptors (Lipinski definition) is 2. The van der Waals surface area contributed by atoms with Crippen molar-refractivity contribution in [3.05, 3.63) is 56.2 Å². The topological polar surface area (TPSA) is 20.3 Å². The van der Waals surface area contributed by atoms with Gasteiger partial charge in [-0.05, 0) is 48.9 Å². The van der Waals surface area contributed by atoms with E-state index < -0.39 is 0 Å². The molecule has 3 rings (SSSR count). The summed E-state index contributed by atoms with van der Waals surface area (Å²) in [6, 6.07) is 10.3. The third kappa shape index (κ3) is 2.42. The minimum atomic E-state index is 0.153. The maximum atomic E-state index is 12.8. The van der Waals surface area contributed by atoms with Crippen LogP contribution in [0, 0.1) is 6.92 Å². The van der Waals surface area contributed by atoms with E-state index in [-0.39, 0.29) is 11.9 Å². The van der Waals surface area contributed by atoms with Crippen molar-refractivity contribution in [1.29, 1.82) is 0 Å². The minimum absolute atomic E-state index is 0.153. The van der Waals surface area contributed by atoms with Crippen LogP contribution >= 0.6 is 27.3 Å². The van der Waals surface area contributed by atoms with Gasteiger partial charge in [-0.3, -0.25) is 4.79 Å². The Labute approximate surface area is 131 Å². The van der Waals surface area contributed by atoms with Crippen LogP contribution in [0.2, 0.25) is 0 Å². The molecule has 0 bridgehead atoms. The summed E-state index contributed by atoms with van der Waals surface area (Å²) >= 11 is 5.25. The van der Waals surface area contributed by atoms with Gasteiger partial charge in [-0.1, -0.05) is 28.1 Å². The Hall–Kier alpha value is -1.13. The molecule has 1 aliphatic rings. The van der Waals surface area contributed by atoms with Crippen LogP contribution in [0.4, 0.5) is 0 Å². The van der Waals surface area contributed by atoms with Gasteiger partial charge in [0.2, 0.25) is 0 Å². The van der Waals surface area contributed by atoms with Crippen LogP contribution in [-0.2, 0) is 0 Å². The lowest BCUT2D eigenvalue weighted by Gasteiger charge is -2.25. The molecule has 0 aliphatic carbocycles. The van der Waals surface area contributed by atoms with Crippen LogP contribution in [0.3, 0.4) is 0 Å². The predicted octanol–water partition coefficient (Wildman–Crippen LogP) is 4.80. The molecule has 4 heteroatoms. The molecule has 2 nitrogen and oxygen atoms in total. The van der Waals surface area contributed by atoms with Gasteiger partial charge in [0.25, 0.3) is 5.91 Å². The van der Waals surface area contributed by atoms with Crippen molar-refractivity contribution in [1.82, 2.24) is 4.90 Å². The second-order valence-electron chi connectivity index (χ2n) is 5.08. The van der Waals surface area contributed by atoms with Crippen LogP contribution in [0.5, 0.6) is 0 Å². The fourth-order valence-corrected chi connectivity index (χ4v) is 4.02. The van der Waals surface area contributed by atoms with E-state index in [4.69, 9.17) is 0 Å². The molecule has 104 valence electrons. The fourth-order valence-electron chi connectivity index (χ4n) is 2.78. The molecule has 1 amide bonds. The van der Waals surface area contributed by atoms with E-state index in [1.807, 2.05) is 30.0 Å². The molecule has 1 saturated heterocycles. The standard InChI is InChI=1S/C16H16BrNOS/c1-11-12(5-2-6-13(11)17)16(19)18-9-3-7-14(18)15-8-4-10-20-15/h2,4-6,8,10,14H,3,7,9H2,1H3. The molecule has 0 saturated carbocycles. The molecule has 2 heterocycles. The summed E-state index contributed by atoms with van der Waals surface area (Å²) < 4.78 is 0.996. The number of benzene rings is 1. The zero-order chi connectivity index (χ0) is 14.1. The van der Waals surface area contributed by atoms with E-state index in [0.717, 1.165) is 35.0 Å². The van der Waals surface area contributed by atoms with Gasteiger partial charge < -0.3 is 4.90 Å². The summed E-state index contributed by atoms with van der Waals surface area (Å²) in [5.74, 6) is 0.153. The normalized spacial score (nSPS) is 18.5. The summed E-state index contributed by atoms with van der Waals surface area (Å²) in [6.45, 7) is 2.85. The first kappa shape index (κ1) is 13.8. The quantitative estimate of drug-likeness (QED) is 0.762. The summed E-state index contributed by atoms with van der Waals surface area (Å²) in [4.78, 5) is 16.2. The molecule has 0 spiro atoms. The summed E-state index contributed by atoms with van der Waals surface area (Å²) in [7, 11) is 0. The van der Waals surface area contributed by atoms with Gasteiger partial charge in [0.15, 0.2) is 0 Å². The Morgan fingerprint density at radius 1 is 1.35 bits per heavy atom. The van der Waals surface area contributed by atoms with Crippen molar-refractivity contribution < 1.29 is 4.79 Å².